The summed E-state index contributed by atoms with van der Waals surface area (Å²) >= 11 is 1.37. The third kappa shape index (κ3) is 3.37. The number of nitrogens with one attached hydrogen (secondary N) is 1. The second-order valence-corrected chi connectivity index (χ2v) is 7.70. The van der Waals surface area contributed by atoms with Gasteiger partial charge in [-0.15, -0.1) is 11.3 Å². The van der Waals surface area contributed by atoms with E-state index in [2.05, 4.69) is 5.32 Å². The number of rotatable bonds is 4. The summed E-state index contributed by atoms with van der Waals surface area (Å²) in [6, 6.07) is 14.6. The van der Waals surface area contributed by atoms with Crippen molar-refractivity contribution < 1.29 is 9.59 Å². The van der Waals surface area contributed by atoms with E-state index in [1.54, 1.807) is 30.3 Å². The van der Waals surface area contributed by atoms with E-state index in [9.17, 15) is 19.2 Å². The molecule has 0 fully saturated rings. The summed E-state index contributed by atoms with van der Waals surface area (Å²) in [4.78, 5) is 50.4. The minimum absolute atomic E-state index is 0.0742. The Labute approximate surface area is 174 Å². The van der Waals surface area contributed by atoms with Crippen molar-refractivity contribution in [2.24, 2.45) is 14.1 Å². The number of aromatic nitrogens is 2. The molecule has 0 radical (unpaired) electrons. The fraction of sp³-hybridized carbons (Fsp3) is 0.0909. The van der Waals surface area contributed by atoms with Crippen LogP contribution in [0.2, 0.25) is 0 Å². The Hall–Kier alpha value is -3.78. The molecule has 8 heteroatoms. The number of hydrogen-bond acceptors (Lipinski definition) is 5. The van der Waals surface area contributed by atoms with Crippen LogP contribution in [0.3, 0.4) is 0 Å². The summed E-state index contributed by atoms with van der Waals surface area (Å²) in [6.07, 6.45) is 0. The average Bonchev–Trinajstić information content (AvgIpc) is 3.30. The number of carbonyl (C=O) groups excluding carboxylic acids is 2. The zero-order chi connectivity index (χ0) is 21.4. The molecule has 0 aliphatic heterocycles. The van der Waals surface area contributed by atoms with Gasteiger partial charge in [0.2, 0.25) is 5.78 Å². The molecular weight excluding hydrogens is 402 g/mol. The number of fused-ring (bicyclic) bond motifs is 1. The van der Waals surface area contributed by atoms with E-state index in [4.69, 9.17) is 0 Å². The Morgan fingerprint density at radius 3 is 2.10 bits per heavy atom. The topological polar surface area (TPSA) is 90.2 Å². The molecule has 0 saturated carbocycles. The molecule has 2 heterocycles. The third-order valence-corrected chi connectivity index (χ3v) is 5.80. The normalized spacial score (nSPS) is 10.9. The first-order valence-corrected chi connectivity index (χ1v) is 9.94. The Balaban J connectivity index is 1.60. The summed E-state index contributed by atoms with van der Waals surface area (Å²) in [6.45, 7) is 0. The summed E-state index contributed by atoms with van der Waals surface area (Å²) < 4.78 is 2.43. The number of anilines is 1. The van der Waals surface area contributed by atoms with Crippen molar-refractivity contribution in [2.45, 2.75) is 0 Å². The molecule has 2 aromatic heterocycles. The van der Waals surface area contributed by atoms with E-state index in [-0.39, 0.29) is 33.2 Å². The van der Waals surface area contributed by atoms with E-state index in [0.29, 0.717) is 16.1 Å². The van der Waals surface area contributed by atoms with Crippen LogP contribution < -0.4 is 16.4 Å². The fourth-order valence-electron chi connectivity index (χ4n) is 3.13. The lowest BCUT2D eigenvalue weighted by atomic mass is 10.1. The molecular formula is C22H17N3O4S. The maximum Gasteiger partial charge on any atom is 0.273 e. The van der Waals surface area contributed by atoms with Gasteiger partial charge in [0.1, 0.15) is 0 Å². The predicted molar refractivity (Wildman–Crippen MR) is 117 cm³/mol. The van der Waals surface area contributed by atoms with Crippen LogP contribution in [0.5, 0.6) is 0 Å². The van der Waals surface area contributed by atoms with Crippen molar-refractivity contribution in [3.8, 4) is 0 Å². The van der Waals surface area contributed by atoms with Gasteiger partial charge in [-0.05, 0) is 53.9 Å². The minimum Gasteiger partial charge on any atom is -0.322 e. The molecule has 4 aromatic rings. The first kappa shape index (κ1) is 19.5. The highest BCUT2D eigenvalue weighted by molar-refractivity contribution is 7.12. The van der Waals surface area contributed by atoms with Crippen LogP contribution in [0.15, 0.2) is 69.6 Å². The van der Waals surface area contributed by atoms with E-state index >= 15 is 0 Å². The van der Waals surface area contributed by atoms with Crippen LogP contribution >= 0.6 is 11.3 Å². The van der Waals surface area contributed by atoms with Gasteiger partial charge in [-0.3, -0.25) is 28.5 Å². The maximum absolute atomic E-state index is 12.6. The molecule has 0 saturated heterocycles. The van der Waals surface area contributed by atoms with Crippen molar-refractivity contribution >= 4 is 39.5 Å². The van der Waals surface area contributed by atoms with Gasteiger partial charge in [-0.25, -0.2) is 0 Å². The molecule has 2 aromatic carbocycles. The summed E-state index contributed by atoms with van der Waals surface area (Å²) in [5.74, 6) is -0.494. The Kier molecular flexibility index (Phi) is 4.93. The van der Waals surface area contributed by atoms with E-state index in [1.165, 1.54) is 53.0 Å². The monoisotopic (exact) mass is 419 g/mol. The lowest BCUT2D eigenvalue weighted by Gasteiger charge is -2.10. The van der Waals surface area contributed by atoms with Gasteiger partial charge in [0.05, 0.1) is 15.6 Å². The number of carbonyl (C=O) groups is 2. The number of nitrogens with zero attached hydrogens (tertiary/aromatic N) is 2. The lowest BCUT2D eigenvalue weighted by molar-refractivity contribution is 0.102. The lowest BCUT2D eigenvalue weighted by Crippen LogP contribution is -2.35. The number of hydrogen-bond donors (Lipinski definition) is 1. The van der Waals surface area contributed by atoms with Gasteiger partial charge in [0, 0.05) is 30.9 Å². The number of thiophene rings is 1. The highest BCUT2D eigenvalue weighted by Gasteiger charge is 2.14. The predicted octanol–water partition coefficient (Wildman–Crippen LogP) is 2.78. The zero-order valence-electron chi connectivity index (χ0n) is 16.2. The van der Waals surface area contributed by atoms with E-state index in [0.717, 1.165) is 0 Å². The van der Waals surface area contributed by atoms with Crippen LogP contribution in [0.25, 0.3) is 10.8 Å². The van der Waals surface area contributed by atoms with Crippen molar-refractivity contribution in [2.75, 3.05) is 5.32 Å². The van der Waals surface area contributed by atoms with Gasteiger partial charge in [0.25, 0.3) is 17.0 Å². The van der Waals surface area contributed by atoms with E-state index in [1.807, 2.05) is 11.4 Å². The van der Waals surface area contributed by atoms with Crippen molar-refractivity contribution in [1.82, 2.24) is 9.36 Å². The minimum atomic E-state index is -0.419. The Bertz CT molecular complexity index is 1400. The molecule has 1 N–H and O–H groups in total. The molecule has 0 aliphatic carbocycles. The molecule has 150 valence electrons. The highest BCUT2D eigenvalue weighted by Crippen LogP contribution is 2.18. The summed E-state index contributed by atoms with van der Waals surface area (Å²) in [5, 5.41) is 5.03. The molecule has 0 spiro atoms. The molecule has 0 unspecified atom stereocenters. The van der Waals surface area contributed by atoms with Crippen molar-refractivity contribution in [3.05, 3.63) is 96.7 Å². The quantitative estimate of drug-likeness (QED) is 0.515. The Morgan fingerprint density at radius 1 is 0.833 bits per heavy atom. The third-order valence-electron chi connectivity index (χ3n) is 4.93. The van der Waals surface area contributed by atoms with Crippen LogP contribution in [0, 0.1) is 0 Å². The van der Waals surface area contributed by atoms with Gasteiger partial charge in [-0.2, -0.15) is 0 Å². The number of amides is 1. The molecule has 0 bridgehead atoms. The number of ketones is 1. The van der Waals surface area contributed by atoms with E-state index < -0.39 is 5.91 Å². The number of benzene rings is 2. The van der Waals surface area contributed by atoms with Crippen molar-refractivity contribution in [3.63, 3.8) is 0 Å². The smallest absolute Gasteiger partial charge is 0.273 e. The van der Waals surface area contributed by atoms with Gasteiger partial charge in [-0.1, -0.05) is 6.07 Å². The molecule has 0 atom stereocenters. The zero-order valence-corrected chi connectivity index (χ0v) is 17.0. The fourth-order valence-corrected chi connectivity index (χ4v) is 3.81. The second kappa shape index (κ2) is 7.57. The average molecular weight is 419 g/mol. The van der Waals surface area contributed by atoms with Gasteiger partial charge < -0.3 is 5.32 Å². The van der Waals surface area contributed by atoms with Crippen LogP contribution in [0.4, 0.5) is 5.69 Å². The molecule has 30 heavy (non-hydrogen) atoms. The molecule has 7 nitrogen and oxygen atoms in total. The molecule has 4 rings (SSSR count). The first-order valence-electron chi connectivity index (χ1n) is 9.06. The second-order valence-electron chi connectivity index (χ2n) is 6.76. The molecule has 1 amide bonds. The SMILES string of the molecule is Cn1c(=O)c2ccc(C(=O)Nc3ccc(C(=O)c4cccs4)cc3)cc2c(=O)n1C. The first-order chi connectivity index (χ1) is 14.4. The summed E-state index contributed by atoms with van der Waals surface area (Å²) in [7, 11) is 3.01. The van der Waals surface area contributed by atoms with Crippen LogP contribution in [-0.4, -0.2) is 21.1 Å². The summed E-state index contributed by atoms with van der Waals surface area (Å²) in [5.41, 5.74) is 0.620. The largest absolute Gasteiger partial charge is 0.322 e. The van der Waals surface area contributed by atoms with Gasteiger partial charge in [0.15, 0.2) is 0 Å². The Morgan fingerprint density at radius 2 is 1.47 bits per heavy atom. The highest BCUT2D eigenvalue weighted by atomic mass is 32.1. The van der Waals surface area contributed by atoms with Crippen LogP contribution in [-0.2, 0) is 14.1 Å². The molecule has 0 aliphatic rings. The standard InChI is InChI=1S/C22H17N3O4S/c1-24-21(28)16-10-7-14(12-17(16)22(29)25(24)2)20(27)23-15-8-5-13(6-9-15)19(26)18-4-3-11-30-18/h3-12H,1-2H3,(H,23,27). The maximum atomic E-state index is 12.6. The van der Waals surface area contributed by atoms with Crippen LogP contribution in [0.1, 0.15) is 25.6 Å². The van der Waals surface area contributed by atoms with Gasteiger partial charge >= 0.3 is 0 Å². The van der Waals surface area contributed by atoms with Crippen molar-refractivity contribution in [1.29, 1.82) is 0 Å².